The second kappa shape index (κ2) is 20.4. The van der Waals surface area contributed by atoms with Gasteiger partial charge in [-0.2, -0.15) is 0 Å². The van der Waals surface area contributed by atoms with E-state index < -0.39 is 29.9 Å². The zero-order chi connectivity index (χ0) is 43.5. The minimum absolute atomic E-state index is 0.0164. The van der Waals surface area contributed by atoms with Crippen LogP contribution < -0.4 is 28.0 Å². The first-order valence-electron chi connectivity index (χ1n) is 16.4. The van der Waals surface area contributed by atoms with Crippen LogP contribution in [0.15, 0.2) is 105 Å². The van der Waals surface area contributed by atoms with Gasteiger partial charge in [-0.3, -0.25) is 25.0 Å². The maximum atomic E-state index is 13.0. The Morgan fingerprint density at radius 3 is 1.59 bits per heavy atom. The molecule has 23 heteroatoms. The summed E-state index contributed by atoms with van der Waals surface area (Å²) >= 11 is 4.34. The number of nitro benzene ring substituents is 2. The number of nitrogens with one attached hydrogen (secondary N) is 1. The molecule has 0 spiro atoms. The first-order chi connectivity index (χ1) is 28.1. The third kappa shape index (κ3) is 11.1. The Bertz CT molecular complexity index is 2660. The summed E-state index contributed by atoms with van der Waals surface area (Å²) in [4.78, 5) is 31.4. The predicted octanol–water partition coefficient (Wildman–Crippen LogP) is 8.15. The number of nitro groups is 2. The Morgan fingerprint density at radius 1 is 0.644 bits per heavy atom. The highest BCUT2D eigenvalue weighted by molar-refractivity contribution is 14.1. The molecule has 0 saturated carbocycles. The quantitative estimate of drug-likeness (QED) is 0.0470. The number of thiazole rings is 2. The van der Waals surface area contributed by atoms with E-state index in [9.17, 15) is 37.1 Å². The molecule has 2 heterocycles. The van der Waals surface area contributed by atoms with Gasteiger partial charge >= 0.3 is 0 Å². The number of sulfonamides is 2. The largest absolute Gasteiger partial charge is 0.493 e. The van der Waals surface area contributed by atoms with Gasteiger partial charge in [0.15, 0.2) is 33.3 Å². The van der Waals surface area contributed by atoms with Crippen molar-refractivity contribution in [2.75, 3.05) is 49.4 Å². The van der Waals surface area contributed by atoms with Crippen LogP contribution in [-0.2, 0) is 20.0 Å². The standard InChI is InChI=1S/C18H17N3O6S2.C17H15N3O6S2.CH3I/c1-20(29(24,25)14-7-8-16(26-2)17(10-14)27-3)18-19-15(11-28-18)12-5-4-6-13(9-12)21(22)23;1-25-15-7-6-13(9-16(15)26-2)28(23,24)19-17-18-14(10-27-17)11-4-3-5-12(8-11)20(21)22;1-2/h4-11H,1-3H3;3-10H,1-2H3,(H,18,19);1H3. The van der Waals surface area contributed by atoms with E-state index in [1.54, 1.807) is 35.0 Å². The fraction of sp³-hybridized carbons (Fsp3) is 0.167. The molecule has 18 nitrogen and oxygen atoms in total. The summed E-state index contributed by atoms with van der Waals surface area (Å²) in [7, 11) is -0.672. The zero-order valence-corrected chi connectivity index (χ0v) is 37.3. The first-order valence-corrected chi connectivity index (χ1v) is 23.2. The van der Waals surface area contributed by atoms with Crippen molar-refractivity contribution in [2.24, 2.45) is 0 Å². The molecule has 59 heavy (non-hydrogen) atoms. The van der Waals surface area contributed by atoms with Gasteiger partial charge in [0, 0.05) is 65.3 Å². The molecule has 0 amide bonds. The summed E-state index contributed by atoms with van der Waals surface area (Å²) in [5.41, 5.74) is 1.78. The molecular formula is C36H35IN6O12S4. The Hall–Kier alpha value is -5.63. The SMILES string of the molecule is CI.COc1ccc(S(=O)(=O)N(C)c2nc(-c3cccc([N+](=O)[O-])c3)cs2)cc1OC.COc1ccc(S(=O)(=O)Nc2nc(-c3cccc([N+](=O)[O-])c3)cs2)cc1OC. The van der Waals surface area contributed by atoms with E-state index in [4.69, 9.17) is 18.9 Å². The van der Waals surface area contributed by atoms with E-state index in [1.165, 1.54) is 96.2 Å². The second-order valence-corrected chi connectivity index (χ2v) is 16.6. The first kappa shape index (κ1) is 46.1. The average Bonchev–Trinajstić information content (AvgIpc) is 3.94. The number of nitrogens with zero attached hydrogens (tertiary/aromatic N) is 5. The van der Waals surface area contributed by atoms with E-state index in [-0.39, 0.29) is 37.2 Å². The van der Waals surface area contributed by atoms with Gasteiger partial charge in [0.2, 0.25) is 0 Å². The van der Waals surface area contributed by atoms with Crippen LogP contribution in [0.1, 0.15) is 0 Å². The van der Waals surface area contributed by atoms with E-state index in [0.29, 0.717) is 39.8 Å². The average molecular weight is 999 g/mol. The summed E-state index contributed by atoms with van der Waals surface area (Å²) in [6.45, 7) is 0. The third-order valence-electron chi connectivity index (χ3n) is 7.87. The van der Waals surface area contributed by atoms with E-state index in [2.05, 4.69) is 37.3 Å². The van der Waals surface area contributed by atoms with Gasteiger partial charge in [0.25, 0.3) is 31.4 Å². The number of hydrogen-bond donors (Lipinski definition) is 1. The lowest BCUT2D eigenvalue weighted by atomic mass is 10.1. The van der Waals surface area contributed by atoms with Crippen LogP contribution in [0.5, 0.6) is 23.0 Å². The van der Waals surface area contributed by atoms with Crippen LogP contribution in [0.2, 0.25) is 0 Å². The van der Waals surface area contributed by atoms with Crippen molar-refractivity contribution in [3.63, 3.8) is 0 Å². The third-order valence-corrected chi connectivity index (χ3v) is 12.9. The van der Waals surface area contributed by atoms with Crippen LogP contribution in [0.4, 0.5) is 21.6 Å². The molecule has 6 rings (SSSR count). The number of anilines is 2. The monoisotopic (exact) mass is 998 g/mol. The van der Waals surface area contributed by atoms with Gasteiger partial charge in [-0.05, 0) is 29.2 Å². The van der Waals surface area contributed by atoms with Crippen molar-refractivity contribution in [3.8, 4) is 45.5 Å². The van der Waals surface area contributed by atoms with E-state index in [1.807, 2.05) is 4.93 Å². The van der Waals surface area contributed by atoms with E-state index in [0.717, 1.165) is 27.0 Å². The number of ether oxygens (including phenoxy) is 4. The van der Waals surface area contributed by atoms with Gasteiger partial charge in [-0.25, -0.2) is 31.1 Å². The highest BCUT2D eigenvalue weighted by atomic mass is 127. The van der Waals surface area contributed by atoms with Crippen molar-refractivity contribution >= 4 is 86.9 Å². The molecular weight excluding hydrogens is 964 g/mol. The number of non-ortho nitro benzene ring substituents is 2. The van der Waals surface area contributed by atoms with Crippen molar-refractivity contribution in [1.29, 1.82) is 0 Å². The van der Waals surface area contributed by atoms with Crippen LogP contribution in [0.3, 0.4) is 0 Å². The van der Waals surface area contributed by atoms with E-state index >= 15 is 0 Å². The molecule has 6 aromatic rings. The Balaban J connectivity index is 0.000000250. The Morgan fingerprint density at radius 2 is 1.10 bits per heavy atom. The minimum Gasteiger partial charge on any atom is -0.493 e. The predicted molar refractivity (Wildman–Crippen MR) is 234 cm³/mol. The molecule has 2 aromatic heterocycles. The van der Waals surface area contributed by atoms with Gasteiger partial charge < -0.3 is 18.9 Å². The van der Waals surface area contributed by atoms with Crippen molar-refractivity contribution in [1.82, 2.24) is 9.97 Å². The fourth-order valence-corrected chi connectivity index (χ4v) is 9.12. The van der Waals surface area contributed by atoms with Crippen molar-refractivity contribution < 1.29 is 45.6 Å². The maximum absolute atomic E-state index is 13.0. The topological polar surface area (TPSA) is 233 Å². The van der Waals surface area contributed by atoms with Crippen LogP contribution in [0, 0.1) is 20.2 Å². The number of alkyl halides is 1. The summed E-state index contributed by atoms with van der Waals surface area (Å²) < 4.78 is 75.2. The lowest BCUT2D eigenvalue weighted by Crippen LogP contribution is -2.26. The second-order valence-electron chi connectivity index (χ2n) is 11.3. The number of methoxy groups -OCH3 is 4. The molecule has 0 aliphatic carbocycles. The molecule has 0 aliphatic rings. The molecule has 0 aliphatic heterocycles. The summed E-state index contributed by atoms with van der Waals surface area (Å²) in [5, 5.41) is 25.5. The summed E-state index contributed by atoms with van der Waals surface area (Å²) in [5.74, 6) is 1.39. The highest BCUT2D eigenvalue weighted by Crippen LogP contribution is 2.35. The van der Waals surface area contributed by atoms with Crippen molar-refractivity contribution in [3.05, 3.63) is 116 Å². The number of rotatable bonds is 14. The molecule has 0 radical (unpaired) electrons. The number of aromatic nitrogens is 2. The normalized spacial score (nSPS) is 10.8. The molecule has 0 atom stereocenters. The molecule has 0 fully saturated rings. The highest BCUT2D eigenvalue weighted by Gasteiger charge is 2.26. The lowest BCUT2D eigenvalue weighted by Gasteiger charge is -2.17. The van der Waals surface area contributed by atoms with Crippen LogP contribution >= 0.6 is 45.3 Å². The smallest absolute Gasteiger partial charge is 0.270 e. The lowest BCUT2D eigenvalue weighted by molar-refractivity contribution is -0.385. The molecule has 0 bridgehead atoms. The Labute approximate surface area is 360 Å². The zero-order valence-electron chi connectivity index (χ0n) is 31.9. The minimum atomic E-state index is -3.91. The molecule has 4 aromatic carbocycles. The van der Waals surface area contributed by atoms with Crippen LogP contribution in [-0.4, -0.2) is 77.1 Å². The summed E-state index contributed by atoms with van der Waals surface area (Å²) in [6, 6.07) is 20.5. The van der Waals surface area contributed by atoms with Gasteiger partial charge in [0.1, 0.15) is 0 Å². The molecule has 312 valence electrons. The molecule has 0 unspecified atom stereocenters. The maximum Gasteiger partial charge on any atom is 0.270 e. The number of benzene rings is 4. The Kier molecular flexibility index (Phi) is 15.9. The number of halogens is 1. The van der Waals surface area contributed by atoms with Gasteiger partial charge in [-0.1, -0.05) is 46.9 Å². The van der Waals surface area contributed by atoms with Crippen LogP contribution in [0.25, 0.3) is 22.5 Å². The summed E-state index contributed by atoms with van der Waals surface area (Å²) in [6.07, 6.45) is 0. The van der Waals surface area contributed by atoms with Gasteiger partial charge in [0.05, 0.1) is 59.5 Å². The number of hydrogen-bond acceptors (Lipinski definition) is 16. The van der Waals surface area contributed by atoms with Gasteiger partial charge in [-0.15, -0.1) is 22.7 Å². The fourth-order valence-electron chi connectivity index (χ4n) is 4.95. The molecule has 1 N–H and O–H groups in total. The molecule has 0 saturated heterocycles. The van der Waals surface area contributed by atoms with Crippen molar-refractivity contribution in [2.45, 2.75) is 9.79 Å².